The van der Waals surface area contributed by atoms with Gasteiger partial charge in [0, 0.05) is 42.5 Å². The van der Waals surface area contributed by atoms with Crippen molar-refractivity contribution >= 4 is 17.2 Å². The Hall–Kier alpha value is -2.67. The van der Waals surface area contributed by atoms with E-state index in [-0.39, 0.29) is 11.9 Å². The number of nitrogens with zero attached hydrogens (tertiary/aromatic N) is 5. The van der Waals surface area contributed by atoms with Crippen molar-refractivity contribution in [3.05, 3.63) is 58.4 Å². The van der Waals surface area contributed by atoms with Gasteiger partial charge in [-0.3, -0.25) is 9.78 Å². The van der Waals surface area contributed by atoms with Gasteiger partial charge >= 0.3 is 0 Å². The van der Waals surface area contributed by atoms with Crippen LogP contribution in [-0.4, -0.2) is 37.3 Å². The van der Waals surface area contributed by atoms with E-state index in [0.717, 1.165) is 17.0 Å². The maximum absolute atomic E-state index is 12.6. The van der Waals surface area contributed by atoms with Crippen LogP contribution in [0.4, 0.5) is 0 Å². The average molecular weight is 337 g/mol. The molecule has 0 spiro atoms. The van der Waals surface area contributed by atoms with Gasteiger partial charge in [-0.15, -0.1) is 11.3 Å². The lowest BCUT2D eigenvalue weighted by Gasteiger charge is -2.33. The van der Waals surface area contributed by atoms with E-state index in [1.807, 2.05) is 41.6 Å². The highest BCUT2D eigenvalue weighted by Gasteiger charge is 2.30. The largest absolute Gasteiger partial charge is 0.329 e. The van der Waals surface area contributed by atoms with E-state index in [4.69, 9.17) is 0 Å². The molecule has 7 heteroatoms. The van der Waals surface area contributed by atoms with Crippen molar-refractivity contribution in [3.8, 4) is 11.5 Å². The molecule has 1 unspecified atom stereocenters. The van der Waals surface area contributed by atoms with Crippen LogP contribution in [0.15, 0.2) is 42.2 Å². The van der Waals surface area contributed by atoms with E-state index >= 15 is 0 Å². The van der Waals surface area contributed by atoms with Gasteiger partial charge < -0.3 is 4.90 Å². The highest BCUT2D eigenvalue weighted by Crippen LogP contribution is 2.30. The minimum atomic E-state index is -0.0667. The summed E-state index contributed by atoms with van der Waals surface area (Å²) in [7, 11) is 0. The minimum absolute atomic E-state index is 0.0306. The predicted octanol–water partition coefficient (Wildman–Crippen LogP) is 2.75. The summed E-state index contributed by atoms with van der Waals surface area (Å²) in [5.41, 5.74) is 2.74. The molecule has 0 saturated heterocycles. The van der Waals surface area contributed by atoms with Crippen LogP contribution in [0.1, 0.15) is 34.0 Å². The molecular weight excluding hydrogens is 322 g/mol. The number of thiazole rings is 1. The average Bonchev–Trinajstić information content (AvgIpc) is 3.17. The van der Waals surface area contributed by atoms with Crippen molar-refractivity contribution in [2.45, 2.75) is 19.4 Å². The van der Waals surface area contributed by atoms with Crippen LogP contribution in [0.25, 0.3) is 11.5 Å². The first-order valence-corrected chi connectivity index (χ1v) is 8.59. The van der Waals surface area contributed by atoms with Gasteiger partial charge in [-0.2, -0.15) is 0 Å². The molecule has 1 amide bonds. The zero-order valence-electron chi connectivity index (χ0n) is 13.1. The molecule has 0 aliphatic carbocycles. The van der Waals surface area contributed by atoms with E-state index in [9.17, 15) is 4.79 Å². The Balaban J connectivity index is 1.64. The second kappa shape index (κ2) is 6.09. The highest BCUT2D eigenvalue weighted by atomic mass is 32.1. The fraction of sp³-hybridized carbons (Fsp3) is 0.235. The molecule has 0 fully saturated rings. The van der Waals surface area contributed by atoms with Gasteiger partial charge in [-0.25, -0.2) is 15.0 Å². The number of fused-ring (bicyclic) bond motifs is 1. The van der Waals surface area contributed by atoms with Crippen molar-refractivity contribution in [3.63, 3.8) is 0 Å². The third-order valence-electron chi connectivity index (χ3n) is 4.18. The Bertz CT molecular complexity index is 866. The summed E-state index contributed by atoms with van der Waals surface area (Å²) >= 11 is 1.37. The van der Waals surface area contributed by atoms with Gasteiger partial charge in [0.15, 0.2) is 10.8 Å². The quantitative estimate of drug-likeness (QED) is 0.719. The minimum Gasteiger partial charge on any atom is -0.329 e. The maximum Gasteiger partial charge on any atom is 0.283 e. The summed E-state index contributed by atoms with van der Waals surface area (Å²) in [4.78, 5) is 32.0. The number of carbonyl (C=O) groups is 1. The summed E-state index contributed by atoms with van der Waals surface area (Å²) < 4.78 is 0. The summed E-state index contributed by atoms with van der Waals surface area (Å²) in [6.07, 6.45) is 5.91. The summed E-state index contributed by atoms with van der Waals surface area (Å²) in [5.74, 6) is 0.596. The van der Waals surface area contributed by atoms with Crippen LogP contribution in [-0.2, 0) is 6.42 Å². The van der Waals surface area contributed by atoms with Crippen molar-refractivity contribution < 1.29 is 4.79 Å². The smallest absolute Gasteiger partial charge is 0.283 e. The third-order valence-corrected chi connectivity index (χ3v) is 4.94. The molecular formula is C17H15N5OS. The molecule has 4 rings (SSSR count). The predicted molar refractivity (Wildman–Crippen MR) is 90.5 cm³/mol. The van der Waals surface area contributed by atoms with Crippen molar-refractivity contribution in [2.75, 3.05) is 6.54 Å². The molecule has 4 heterocycles. The molecule has 0 aromatic carbocycles. The van der Waals surface area contributed by atoms with Crippen molar-refractivity contribution in [2.24, 2.45) is 0 Å². The van der Waals surface area contributed by atoms with E-state index in [2.05, 4.69) is 19.9 Å². The standard InChI is InChI=1S/C17H15N5OS/c1-11-12-10-20-15(14-4-2-3-6-18-14)21-13(12)5-8-22(11)17(23)16-19-7-9-24-16/h2-4,6-7,9-11H,5,8H2,1H3. The van der Waals surface area contributed by atoms with Crippen LogP contribution >= 0.6 is 11.3 Å². The summed E-state index contributed by atoms with van der Waals surface area (Å²) in [6.45, 7) is 2.64. The van der Waals surface area contributed by atoms with Gasteiger partial charge in [0.1, 0.15) is 5.69 Å². The monoisotopic (exact) mass is 337 g/mol. The lowest BCUT2D eigenvalue weighted by atomic mass is 9.99. The second-order valence-electron chi connectivity index (χ2n) is 5.57. The Labute approximate surface area is 143 Å². The van der Waals surface area contributed by atoms with E-state index in [1.165, 1.54) is 11.3 Å². The molecule has 1 aliphatic rings. The van der Waals surface area contributed by atoms with E-state index in [1.54, 1.807) is 12.4 Å². The van der Waals surface area contributed by atoms with Crippen LogP contribution < -0.4 is 0 Å². The molecule has 120 valence electrons. The Morgan fingerprint density at radius 1 is 1.25 bits per heavy atom. The van der Waals surface area contributed by atoms with E-state index < -0.39 is 0 Å². The molecule has 3 aromatic heterocycles. The van der Waals surface area contributed by atoms with Crippen LogP contribution in [0.5, 0.6) is 0 Å². The molecule has 0 bridgehead atoms. The highest BCUT2D eigenvalue weighted by molar-refractivity contribution is 7.11. The van der Waals surface area contributed by atoms with Crippen LogP contribution in [0.3, 0.4) is 0 Å². The maximum atomic E-state index is 12.6. The number of aromatic nitrogens is 4. The normalized spacial score (nSPS) is 16.7. The summed E-state index contributed by atoms with van der Waals surface area (Å²) in [5, 5.41) is 2.34. The van der Waals surface area contributed by atoms with Crippen molar-refractivity contribution in [1.29, 1.82) is 0 Å². The Morgan fingerprint density at radius 2 is 2.17 bits per heavy atom. The first kappa shape index (κ1) is 14.9. The first-order chi connectivity index (χ1) is 11.7. The SMILES string of the molecule is CC1c2cnc(-c3ccccn3)nc2CCN1C(=O)c1nccs1. The molecule has 0 saturated carbocycles. The van der Waals surface area contributed by atoms with Crippen molar-refractivity contribution in [1.82, 2.24) is 24.8 Å². The van der Waals surface area contributed by atoms with Crippen LogP contribution in [0, 0.1) is 0 Å². The fourth-order valence-electron chi connectivity index (χ4n) is 2.91. The summed E-state index contributed by atoms with van der Waals surface area (Å²) in [6, 6.07) is 5.61. The first-order valence-electron chi connectivity index (χ1n) is 7.71. The lowest BCUT2D eigenvalue weighted by molar-refractivity contribution is 0.0675. The number of rotatable bonds is 2. The van der Waals surface area contributed by atoms with Crippen LogP contribution in [0.2, 0.25) is 0 Å². The zero-order chi connectivity index (χ0) is 16.5. The molecule has 0 N–H and O–H groups in total. The third kappa shape index (κ3) is 2.56. The molecule has 1 atom stereocenters. The molecule has 0 radical (unpaired) electrons. The van der Waals surface area contributed by atoms with Gasteiger partial charge in [0.2, 0.25) is 0 Å². The molecule has 24 heavy (non-hydrogen) atoms. The van der Waals surface area contributed by atoms with Gasteiger partial charge in [0.25, 0.3) is 5.91 Å². The molecule has 6 nitrogen and oxygen atoms in total. The Kier molecular flexibility index (Phi) is 3.78. The lowest BCUT2D eigenvalue weighted by Crippen LogP contribution is -2.39. The number of pyridine rings is 1. The zero-order valence-corrected chi connectivity index (χ0v) is 13.9. The second-order valence-corrected chi connectivity index (χ2v) is 6.47. The topological polar surface area (TPSA) is 71.9 Å². The number of amides is 1. The van der Waals surface area contributed by atoms with Gasteiger partial charge in [0.05, 0.1) is 11.7 Å². The molecule has 1 aliphatic heterocycles. The van der Waals surface area contributed by atoms with Gasteiger partial charge in [-0.1, -0.05) is 6.07 Å². The molecule has 3 aromatic rings. The number of hydrogen-bond donors (Lipinski definition) is 0. The Morgan fingerprint density at radius 3 is 2.92 bits per heavy atom. The van der Waals surface area contributed by atoms with E-state index in [0.29, 0.717) is 23.8 Å². The fourth-order valence-corrected chi connectivity index (χ4v) is 3.50. The number of carbonyl (C=O) groups excluding carboxylic acids is 1. The van der Waals surface area contributed by atoms with Gasteiger partial charge in [-0.05, 0) is 19.1 Å². The number of hydrogen-bond acceptors (Lipinski definition) is 6.